The van der Waals surface area contributed by atoms with Gasteiger partial charge >= 0.3 is 5.76 Å². The van der Waals surface area contributed by atoms with Crippen molar-refractivity contribution in [3.05, 3.63) is 34.3 Å². The molecule has 0 amide bonds. The zero-order chi connectivity index (χ0) is 12.6. The fourth-order valence-electron chi connectivity index (χ4n) is 1.81. The van der Waals surface area contributed by atoms with E-state index in [0.717, 1.165) is 5.56 Å². The molecule has 90 valence electrons. The van der Waals surface area contributed by atoms with Crippen molar-refractivity contribution in [1.82, 2.24) is 4.57 Å². The maximum atomic E-state index is 11.3. The quantitative estimate of drug-likeness (QED) is 0.862. The van der Waals surface area contributed by atoms with Crippen molar-refractivity contribution in [2.75, 3.05) is 0 Å². The minimum atomic E-state index is -0.405. The summed E-state index contributed by atoms with van der Waals surface area (Å²) >= 11 is 0. The lowest BCUT2D eigenvalue weighted by Gasteiger charge is -2.09. The second kappa shape index (κ2) is 4.18. The highest BCUT2D eigenvalue weighted by molar-refractivity contribution is 5.77. The van der Waals surface area contributed by atoms with E-state index in [4.69, 9.17) is 10.2 Å². The maximum Gasteiger partial charge on any atom is 0.419 e. The molecule has 1 unspecified atom stereocenters. The molecular formula is C12H14N2O3. The average molecular weight is 234 g/mol. The molecule has 2 rings (SSSR count). The molecule has 0 fully saturated rings. The maximum absolute atomic E-state index is 11.3. The molecular weight excluding hydrogens is 220 g/mol. The third-order valence-corrected chi connectivity index (χ3v) is 2.75. The van der Waals surface area contributed by atoms with Crippen LogP contribution in [0.3, 0.4) is 0 Å². The molecule has 2 N–H and O–H groups in total. The topological polar surface area (TPSA) is 78.2 Å². The van der Waals surface area contributed by atoms with Crippen LogP contribution in [0.2, 0.25) is 0 Å². The standard InChI is InChI=1S/C12H14N2O3/c1-7(15)5-9(13)8-3-4-10-11(6-8)17-12(16)14(10)2/h3-4,6,9H,5,13H2,1-2H3. The number of aromatic nitrogens is 1. The molecule has 2 aromatic rings. The molecule has 1 aromatic heterocycles. The van der Waals surface area contributed by atoms with E-state index in [2.05, 4.69) is 0 Å². The van der Waals surface area contributed by atoms with Crippen LogP contribution < -0.4 is 11.5 Å². The molecule has 1 atom stereocenters. The number of hydrogen-bond acceptors (Lipinski definition) is 4. The third kappa shape index (κ3) is 2.14. The Labute approximate surface area is 97.8 Å². The second-order valence-electron chi connectivity index (χ2n) is 4.17. The van der Waals surface area contributed by atoms with Gasteiger partial charge in [-0.15, -0.1) is 0 Å². The summed E-state index contributed by atoms with van der Waals surface area (Å²) < 4.78 is 6.49. The van der Waals surface area contributed by atoms with Gasteiger partial charge in [-0.2, -0.15) is 0 Å². The number of benzene rings is 1. The predicted molar refractivity (Wildman–Crippen MR) is 63.7 cm³/mol. The number of fused-ring (bicyclic) bond motifs is 1. The molecule has 0 spiro atoms. The number of nitrogens with two attached hydrogens (primary N) is 1. The van der Waals surface area contributed by atoms with Crippen LogP contribution in [0.25, 0.3) is 11.1 Å². The molecule has 5 heteroatoms. The highest BCUT2D eigenvalue weighted by Crippen LogP contribution is 2.20. The SMILES string of the molecule is CC(=O)CC(N)c1ccc2c(c1)oc(=O)n2C. The summed E-state index contributed by atoms with van der Waals surface area (Å²) in [7, 11) is 1.64. The van der Waals surface area contributed by atoms with Gasteiger partial charge in [-0.1, -0.05) is 6.07 Å². The van der Waals surface area contributed by atoms with Gasteiger partial charge in [0.15, 0.2) is 5.58 Å². The van der Waals surface area contributed by atoms with E-state index in [0.29, 0.717) is 11.1 Å². The van der Waals surface area contributed by atoms with Crippen LogP contribution in [0.4, 0.5) is 0 Å². The minimum Gasteiger partial charge on any atom is -0.408 e. The largest absolute Gasteiger partial charge is 0.419 e. The number of nitrogens with zero attached hydrogens (tertiary/aromatic N) is 1. The Bertz CT molecular complexity index is 624. The second-order valence-corrected chi connectivity index (χ2v) is 4.17. The van der Waals surface area contributed by atoms with Crippen LogP contribution in [-0.2, 0) is 11.8 Å². The van der Waals surface area contributed by atoms with Crippen LogP contribution in [-0.4, -0.2) is 10.4 Å². The summed E-state index contributed by atoms with van der Waals surface area (Å²) in [6, 6.07) is 4.94. The van der Waals surface area contributed by atoms with E-state index in [1.807, 2.05) is 6.07 Å². The van der Waals surface area contributed by atoms with E-state index in [1.54, 1.807) is 19.2 Å². The van der Waals surface area contributed by atoms with Crippen LogP contribution in [0.5, 0.6) is 0 Å². The molecule has 0 saturated heterocycles. The van der Waals surface area contributed by atoms with Crippen molar-refractivity contribution in [2.24, 2.45) is 12.8 Å². The average Bonchev–Trinajstić information content (AvgIpc) is 2.53. The highest BCUT2D eigenvalue weighted by Gasteiger charge is 2.12. The van der Waals surface area contributed by atoms with Crippen LogP contribution in [0, 0.1) is 0 Å². The van der Waals surface area contributed by atoms with Crippen molar-refractivity contribution in [1.29, 1.82) is 0 Å². The Hall–Kier alpha value is -1.88. The Kier molecular flexibility index (Phi) is 2.85. The molecule has 1 aromatic carbocycles. The van der Waals surface area contributed by atoms with E-state index >= 15 is 0 Å². The minimum absolute atomic E-state index is 0.0344. The Morgan fingerprint density at radius 3 is 2.88 bits per heavy atom. The zero-order valence-corrected chi connectivity index (χ0v) is 9.77. The van der Waals surface area contributed by atoms with Gasteiger partial charge in [-0.05, 0) is 24.6 Å². The van der Waals surface area contributed by atoms with Gasteiger partial charge in [0.05, 0.1) is 5.52 Å². The monoisotopic (exact) mass is 234 g/mol. The first kappa shape index (κ1) is 11.6. The molecule has 0 aliphatic carbocycles. The molecule has 17 heavy (non-hydrogen) atoms. The first-order valence-electron chi connectivity index (χ1n) is 5.33. The van der Waals surface area contributed by atoms with E-state index < -0.39 is 5.76 Å². The molecule has 0 saturated carbocycles. The number of carbonyl (C=O) groups is 1. The molecule has 1 heterocycles. The molecule has 0 bridgehead atoms. The van der Waals surface area contributed by atoms with Crippen LogP contribution in [0.15, 0.2) is 27.4 Å². The van der Waals surface area contributed by atoms with E-state index in [1.165, 1.54) is 11.5 Å². The number of ketones is 1. The van der Waals surface area contributed by atoms with Crippen molar-refractivity contribution < 1.29 is 9.21 Å². The van der Waals surface area contributed by atoms with E-state index in [-0.39, 0.29) is 18.2 Å². The highest BCUT2D eigenvalue weighted by atomic mass is 16.4. The Morgan fingerprint density at radius 2 is 2.24 bits per heavy atom. The third-order valence-electron chi connectivity index (χ3n) is 2.75. The van der Waals surface area contributed by atoms with Crippen LogP contribution >= 0.6 is 0 Å². The molecule has 0 aliphatic heterocycles. The number of aryl methyl sites for hydroxylation is 1. The number of rotatable bonds is 3. The van der Waals surface area contributed by atoms with Crippen molar-refractivity contribution in [3.63, 3.8) is 0 Å². The summed E-state index contributed by atoms with van der Waals surface area (Å²) in [6.45, 7) is 1.50. The van der Waals surface area contributed by atoms with Gasteiger partial charge in [-0.3, -0.25) is 9.36 Å². The van der Waals surface area contributed by atoms with Crippen molar-refractivity contribution >= 4 is 16.9 Å². The fourth-order valence-corrected chi connectivity index (χ4v) is 1.81. The first-order valence-corrected chi connectivity index (χ1v) is 5.33. The van der Waals surface area contributed by atoms with Crippen LogP contribution in [0.1, 0.15) is 24.9 Å². The summed E-state index contributed by atoms with van der Waals surface area (Å²) in [4.78, 5) is 22.3. The van der Waals surface area contributed by atoms with Gasteiger partial charge in [0.1, 0.15) is 5.78 Å². The lowest BCUT2D eigenvalue weighted by atomic mass is 10.0. The first-order chi connectivity index (χ1) is 7.99. The number of Topliss-reactive ketones (excluding diaryl/α,β-unsaturated/α-hetero) is 1. The lowest BCUT2D eigenvalue weighted by molar-refractivity contribution is -0.117. The molecule has 0 aliphatic rings. The number of hydrogen-bond donors (Lipinski definition) is 1. The smallest absolute Gasteiger partial charge is 0.408 e. The summed E-state index contributed by atoms with van der Waals surface area (Å²) in [6.07, 6.45) is 0.280. The summed E-state index contributed by atoms with van der Waals surface area (Å²) in [5.74, 6) is -0.371. The normalized spacial score (nSPS) is 12.9. The van der Waals surface area contributed by atoms with Gasteiger partial charge in [0, 0.05) is 19.5 Å². The van der Waals surface area contributed by atoms with Crippen molar-refractivity contribution in [2.45, 2.75) is 19.4 Å². The zero-order valence-electron chi connectivity index (χ0n) is 9.77. The van der Waals surface area contributed by atoms with Gasteiger partial charge in [0.2, 0.25) is 0 Å². The Balaban J connectivity index is 2.44. The predicted octanol–water partition coefficient (Wildman–Crippen LogP) is 1.11. The number of carbonyl (C=O) groups excluding carboxylic acids is 1. The van der Waals surface area contributed by atoms with Gasteiger partial charge in [0.25, 0.3) is 0 Å². The van der Waals surface area contributed by atoms with Crippen molar-refractivity contribution in [3.8, 4) is 0 Å². The van der Waals surface area contributed by atoms with Gasteiger partial charge < -0.3 is 10.2 Å². The Morgan fingerprint density at radius 1 is 1.53 bits per heavy atom. The number of oxazole rings is 1. The van der Waals surface area contributed by atoms with E-state index in [9.17, 15) is 9.59 Å². The lowest BCUT2D eigenvalue weighted by Crippen LogP contribution is -2.13. The molecule has 0 radical (unpaired) electrons. The van der Waals surface area contributed by atoms with Gasteiger partial charge in [-0.25, -0.2) is 4.79 Å². The molecule has 5 nitrogen and oxygen atoms in total. The fraction of sp³-hybridized carbons (Fsp3) is 0.333. The summed E-state index contributed by atoms with van der Waals surface area (Å²) in [5.41, 5.74) is 7.89. The summed E-state index contributed by atoms with van der Waals surface area (Å²) in [5, 5.41) is 0.